The molecule has 0 aliphatic carbocycles. The standard InChI is InChI=1S/C10H13NO2/c1-11-6-10(13-7-11)8-3-2-4-9(12)5-8/h2-5,10,12H,6-7H2,1H3. The van der Waals surface area contributed by atoms with Crippen LogP contribution in [0.4, 0.5) is 0 Å². The lowest BCUT2D eigenvalue weighted by Crippen LogP contribution is -2.13. The van der Waals surface area contributed by atoms with E-state index in [9.17, 15) is 5.11 Å². The number of phenols is 1. The van der Waals surface area contributed by atoms with Crippen LogP contribution in [0, 0.1) is 0 Å². The fraction of sp³-hybridized carbons (Fsp3) is 0.400. The van der Waals surface area contributed by atoms with Crippen molar-refractivity contribution in [3.8, 4) is 5.75 Å². The predicted molar refractivity (Wildman–Crippen MR) is 49.4 cm³/mol. The van der Waals surface area contributed by atoms with E-state index in [-0.39, 0.29) is 6.10 Å². The minimum Gasteiger partial charge on any atom is -0.508 e. The number of aromatic hydroxyl groups is 1. The molecule has 0 radical (unpaired) electrons. The highest BCUT2D eigenvalue weighted by Gasteiger charge is 2.21. The van der Waals surface area contributed by atoms with Crippen LogP contribution in [0.1, 0.15) is 11.7 Å². The smallest absolute Gasteiger partial charge is 0.115 e. The Hall–Kier alpha value is -1.06. The zero-order chi connectivity index (χ0) is 9.26. The van der Waals surface area contributed by atoms with Gasteiger partial charge in [0.1, 0.15) is 5.75 Å². The molecule has 0 saturated carbocycles. The van der Waals surface area contributed by atoms with E-state index in [1.54, 1.807) is 12.1 Å². The average Bonchev–Trinajstić information content (AvgIpc) is 2.52. The van der Waals surface area contributed by atoms with Gasteiger partial charge in [-0.25, -0.2) is 0 Å². The van der Waals surface area contributed by atoms with Crippen LogP contribution in [0.2, 0.25) is 0 Å². The average molecular weight is 179 g/mol. The van der Waals surface area contributed by atoms with Crippen LogP contribution in [0.5, 0.6) is 5.75 Å². The fourth-order valence-electron chi connectivity index (χ4n) is 1.53. The highest BCUT2D eigenvalue weighted by molar-refractivity contribution is 5.29. The first kappa shape index (κ1) is 8.53. The lowest BCUT2D eigenvalue weighted by molar-refractivity contribution is 0.0954. The molecule has 0 bridgehead atoms. The number of hydrogen-bond donors (Lipinski definition) is 1. The molecule has 0 amide bonds. The van der Waals surface area contributed by atoms with Crippen molar-refractivity contribution in [1.29, 1.82) is 0 Å². The molecule has 0 aromatic heterocycles. The van der Waals surface area contributed by atoms with Gasteiger partial charge >= 0.3 is 0 Å². The van der Waals surface area contributed by atoms with Gasteiger partial charge in [-0.05, 0) is 24.7 Å². The summed E-state index contributed by atoms with van der Waals surface area (Å²) in [4.78, 5) is 2.11. The third-order valence-corrected chi connectivity index (χ3v) is 2.22. The van der Waals surface area contributed by atoms with E-state index in [1.165, 1.54) is 0 Å². The first-order valence-corrected chi connectivity index (χ1v) is 4.35. The maximum absolute atomic E-state index is 9.27. The molecule has 1 aromatic carbocycles. The predicted octanol–water partition coefficient (Wildman–Crippen LogP) is 1.35. The first-order valence-electron chi connectivity index (χ1n) is 4.35. The van der Waals surface area contributed by atoms with E-state index in [2.05, 4.69) is 4.90 Å². The highest BCUT2D eigenvalue weighted by atomic mass is 16.5. The monoisotopic (exact) mass is 179 g/mol. The molecule has 3 nitrogen and oxygen atoms in total. The Balaban J connectivity index is 2.16. The highest BCUT2D eigenvalue weighted by Crippen LogP contribution is 2.25. The zero-order valence-electron chi connectivity index (χ0n) is 7.60. The van der Waals surface area contributed by atoms with Gasteiger partial charge in [0.25, 0.3) is 0 Å². The van der Waals surface area contributed by atoms with Crippen molar-refractivity contribution in [2.45, 2.75) is 6.10 Å². The van der Waals surface area contributed by atoms with Crippen LogP contribution in [0.3, 0.4) is 0 Å². The van der Waals surface area contributed by atoms with Crippen LogP contribution in [0.15, 0.2) is 24.3 Å². The van der Waals surface area contributed by atoms with E-state index < -0.39 is 0 Å². The number of ether oxygens (including phenoxy) is 1. The molecule has 1 saturated heterocycles. The normalized spacial score (nSPS) is 23.6. The summed E-state index contributed by atoms with van der Waals surface area (Å²) in [7, 11) is 2.02. The summed E-state index contributed by atoms with van der Waals surface area (Å²) < 4.78 is 5.52. The third kappa shape index (κ3) is 1.82. The quantitative estimate of drug-likeness (QED) is 0.706. The maximum Gasteiger partial charge on any atom is 0.115 e. The Kier molecular flexibility index (Phi) is 2.20. The molecule has 1 N–H and O–H groups in total. The van der Waals surface area contributed by atoms with Crippen LogP contribution >= 0.6 is 0 Å². The first-order chi connectivity index (χ1) is 6.25. The lowest BCUT2D eigenvalue weighted by atomic mass is 10.1. The molecule has 1 heterocycles. The summed E-state index contributed by atoms with van der Waals surface area (Å²) >= 11 is 0. The molecule has 1 aliphatic heterocycles. The van der Waals surface area contributed by atoms with E-state index in [1.807, 2.05) is 19.2 Å². The number of likely N-dealkylation sites (N-methyl/N-ethyl adjacent to an activating group) is 1. The number of rotatable bonds is 1. The summed E-state index contributed by atoms with van der Waals surface area (Å²) in [5, 5.41) is 9.27. The largest absolute Gasteiger partial charge is 0.508 e. The van der Waals surface area contributed by atoms with Gasteiger partial charge in [-0.1, -0.05) is 12.1 Å². The summed E-state index contributed by atoms with van der Waals surface area (Å²) in [5.74, 6) is 0.302. The summed E-state index contributed by atoms with van der Waals surface area (Å²) in [6.45, 7) is 1.56. The van der Waals surface area contributed by atoms with Gasteiger partial charge in [0, 0.05) is 6.54 Å². The van der Waals surface area contributed by atoms with Crippen LogP contribution in [0.25, 0.3) is 0 Å². The Bertz CT molecular complexity index is 301. The van der Waals surface area contributed by atoms with E-state index in [4.69, 9.17) is 4.74 Å². The molecular formula is C10H13NO2. The van der Waals surface area contributed by atoms with E-state index in [0.717, 1.165) is 12.1 Å². The van der Waals surface area contributed by atoms with Crippen LogP contribution < -0.4 is 0 Å². The minimum absolute atomic E-state index is 0.108. The van der Waals surface area contributed by atoms with Crippen molar-refractivity contribution < 1.29 is 9.84 Å². The molecule has 2 rings (SSSR count). The molecule has 13 heavy (non-hydrogen) atoms. The van der Waals surface area contributed by atoms with E-state index >= 15 is 0 Å². The number of phenolic OH excluding ortho intramolecular Hbond substituents is 1. The summed E-state index contributed by atoms with van der Waals surface area (Å²) in [6, 6.07) is 7.24. The maximum atomic E-state index is 9.27. The Morgan fingerprint density at radius 3 is 3.00 bits per heavy atom. The molecule has 0 spiro atoms. The van der Waals surface area contributed by atoms with Gasteiger partial charge in [-0.3, -0.25) is 4.90 Å². The van der Waals surface area contributed by atoms with Crippen molar-refractivity contribution in [3.63, 3.8) is 0 Å². The molecule has 3 heteroatoms. The third-order valence-electron chi connectivity index (χ3n) is 2.22. The SMILES string of the molecule is CN1COC(c2cccc(O)c2)C1. The Morgan fingerprint density at radius 2 is 2.38 bits per heavy atom. The second kappa shape index (κ2) is 3.36. The molecule has 1 unspecified atom stereocenters. The molecular weight excluding hydrogens is 166 g/mol. The molecule has 1 aromatic rings. The van der Waals surface area contributed by atoms with Gasteiger partial charge < -0.3 is 9.84 Å². The van der Waals surface area contributed by atoms with E-state index in [0.29, 0.717) is 12.5 Å². The Labute approximate surface area is 77.6 Å². The van der Waals surface area contributed by atoms with Gasteiger partial charge in [-0.2, -0.15) is 0 Å². The van der Waals surface area contributed by atoms with Crippen molar-refractivity contribution in [2.75, 3.05) is 20.3 Å². The number of nitrogens with zero attached hydrogens (tertiary/aromatic N) is 1. The lowest BCUT2D eigenvalue weighted by Gasteiger charge is -2.08. The summed E-state index contributed by atoms with van der Waals surface area (Å²) in [6.07, 6.45) is 0.108. The van der Waals surface area contributed by atoms with Gasteiger partial charge in [-0.15, -0.1) is 0 Å². The molecule has 1 fully saturated rings. The second-order valence-corrected chi connectivity index (χ2v) is 3.42. The summed E-state index contributed by atoms with van der Waals surface area (Å²) in [5.41, 5.74) is 1.05. The molecule has 1 aliphatic rings. The van der Waals surface area contributed by atoms with Crippen molar-refractivity contribution in [1.82, 2.24) is 4.90 Å². The minimum atomic E-state index is 0.108. The van der Waals surface area contributed by atoms with Gasteiger partial charge in [0.05, 0.1) is 12.8 Å². The van der Waals surface area contributed by atoms with Crippen molar-refractivity contribution >= 4 is 0 Å². The van der Waals surface area contributed by atoms with Crippen molar-refractivity contribution in [2.24, 2.45) is 0 Å². The van der Waals surface area contributed by atoms with Crippen LogP contribution in [-0.2, 0) is 4.74 Å². The van der Waals surface area contributed by atoms with Gasteiger partial charge in [0.2, 0.25) is 0 Å². The van der Waals surface area contributed by atoms with Crippen molar-refractivity contribution in [3.05, 3.63) is 29.8 Å². The number of benzene rings is 1. The fourth-order valence-corrected chi connectivity index (χ4v) is 1.53. The molecule has 1 atom stereocenters. The van der Waals surface area contributed by atoms with Gasteiger partial charge in [0.15, 0.2) is 0 Å². The topological polar surface area (TPSA) is 32.7 Å². The van der Waals surface area contributed by atoms with Crippen LogP contribution in [-0.4, -0.2) is 30.3 Å². The Morgan fingerprint density at radius 1 is 1.54 bits per heavy atom. The molecule has 70 valence electrons. The second-order valence-electron chi connectivity index (χ2n) is 3.42. The number of hydrogen-bond acceptors (Lipinski definition) is 3. The zero-order valence-corrected chi connectivity index (χ0v) is 7.60.